The molecule has 0 heterocycles. The molecule has 120 valence electrons. The van der Waals surface area contributed by atoms with Gasteiger partial charge in [-0.2, -0.15) is 0 Å². The third-order valence-electron chi connectivity index (χ3n) is 3.56. The first kappa shape index (κ1) is 16.7. The summed E-state index contributed by atoms with van der Waals surface area (Å²) >= 11 is 0. The average molecular weight is 310 g/mol. The highest BCUT2D eigenvalue weighted by atomic mass is 16.2. The number of hydrogen-bond acceptors (Lipinski definition) is 2. The van der Waals surface area contributed by atoms with E-state index in [4.69, 9.17) is 0 Å². The molecule has 0 aliphatic heterocycles. The van der Waals surface area contributed by atoms with E-state index in [-0.39, 0.29) is 23.8 Å². The first-order valence-electron chi connectivity index (χ1n) is 7.74. The lowest BCUT2D eigenvalue weighted by molar-refractivity contribution is -0.118. The molecule has 0 aliphatic carbocycles. The molecule has 2 aromatic carbocycles. The van der Waals surface area contributed by atoms with Crippen LogP contribution >= 0.6 is 0 Å². The zero-order valence-corrected chi connectivity index (χ0v) is 13.7. The highest BCUT2D eigenvalue weighted by Gasteiger charge is 2.13. The van der Waals surface area contributed by atoms with Crippen molar-refractivity contribution in [2.24, 2.45) is 5.92 Å². The Morgan fingerprint density at radius 3 is 2.26 bits per heavy atom. The lowest BCUT2D eigenvalue weighted by Crippen LogP contribution is -2.26. The van der Waals surface area contributed by atoms with Crippen molar-refractivity contribution in [2.75, 3.05) is 5.32 Å². The summed E-state index contributed by atoms with van der Waals surface area (Å²) < 4.78 is 0. The number of carbonyl (C=O) groups excluding carboxylic acids is 2. The zero-order chi connectivity index (χ0) is 16.8. The molecule has 23 heavy (non-hydrogen) atoms. The zero-order valence-electron chi connectivity index (χ0n) is 13.7. The van der Waals surface area contributed by atoms with Gasteiger partial charge in [-0.05, 0) is 30.7 Å². The van der Waals surface area contributed by atoms with Crippen LogP contribution in [0, 0.1) is 5.92 Å². The van der Waals surface area contributed by atoms with E-state index < -0.39 is 0 Å². The SMILES string of the molecule is CC(C)C(=O)Nc1cccc(C(=O)N[C@@H](C)c2ccccc2)c1. The van der Waals surface area contributed by atoms with Crippen molar-refractivity contribution in [1.82, 2.24) is 5.32 Å². The molecule has 0 saturated heterocycles. The van der Waals surface area contributed by atoms with Crippen LogP contribution in [0.5, 0.6) is 0 Å². The van der Waals surface area contributed by atoms with Gasteiger partial charge < -0.3 is 10.6 Å². The quantitative estimate of drug-likeness (QED) is 0.883. The van der Waals surface area contributed by atoms with Gasteiger partial charge in [0, 0.05) is 17.2 Å². The van der Waals surface area contributed by atoms with Crippen molar-refractivity contribution in [2.45, 2.75) is 26.8 Å². The van der Waals surface area contributed by atoms with E-state index in [0.717, 1.165) is 5.56 Å². The van der Waals surface area contributed by atoms with Crippen molar-refractivity contribution in [1.29, 1.82) is 0 Å². The molecule has 2 amide bonds. The van der Waals surface area contributed by atoms with Gasteiger partial charge in [0.05, 0.1) is 6.04 Å². The van der Waals surface area contributed by atoms with Crippen LogP contribution in [0.2, 0.25) is 0 Å². The fourth-order valence-electron chi connectivity index (χ4n) is 2.13. The summed E-state index contributed by atoms with van der Waals surface area (Å²) in [5, 5.41) is 5.77. The molecule has 0 saturated carbocycles. The van der Waals surface area contributed by atoms with Gasteiger partial charge in [-0.25, -0.2) is 0 Å². The molecule has 2 aromatic rings. The normalized spacial score (nSPS) is 11.8. The van der Waals surface area contributed by atoms with E-state index in [1.54, 1.807) is 24.3 Å². The molecular weight excluding hydrogens is 288 g/mol. The summed E-state index contributed by atoms with van der Waals surface area (Å²) in [7, 11) is 0. The van der Waals surface area contributed by atoms with Gasteiger partial charge in [-0.15, -0.1) is 0 Å². The van der Waals surface area contributed by atoms with Crippen molar-refractivity contribution < 1.29 is 9.59 Å². The van der Waals surface area contributed by atoms with Crippen LogP contribution < -0.4 is 10.6 Å². The van der Waals surface area contributed by atoms with Gasteiger partial charge >= 0.3 is 0 Å². The van der Waals surface area contributed by atoms with Crippen molar-refractivity contribution in [3.05, 3.63) is 65.7 Å². The first-order valence-corrected chi connectivity index (χ1v) is 7.74. The fourth-order valence-corrected chi connectivity index (χ4v) is 2.13. The Labute approximate surface area is 136 Å². The summed E-state index contributed by atoms with van der Waals surface area (Å²) in [4.78, 5) is 24.1. The number of hydrogen-bond donors (Lipinski definition) is 2. The molecule has 4 nitrogen and oxygen atoms in total. The number of carbonyl (C=O) groups is 2. The predicted molar refractivity (Wildman–Crippen MR) is 92.2 cm³/mol. The van der Waals surface area contributed by atoms with E-state index >= 15 is 0 Å². The van der Waals surface area contributed by atoms with Gasteiger partial charge in [-0.3, -0.25) is 9.59 Å². The van der Waals surface area contributed by atoms with E-state index in [2.05, 4.69) is 10.6 Å². The Morgan fingerprint density at radius 2 is 1.61 bits per heavy atom. The third-order valence-corrected chi connectivity index (χ3v) is 3.56. The number of anilines is 1. The summed E-state index contributed by atoms with van der Waals surface area (Å²) in [6, 6.07) is 16.7. The molecule has 2 rings (SSSR count). The number of benzene rings is 2. The highest BCUT2D eigenvalue weighted by Crippen LogP contribution is 2.15. The third kappa shape index (κ3) is 4.68. The predicted octanol–water partition coefficient (Wildman–Crippen LogP) is 3.77. The molecular formula is C19H22N2O2. The maximum atomic E-state index is 12.4. The Morgan fingerprint density at radius 1 is 0.913 bits per heavy atom. The summed E-state index contributed by atoms with van der Waals surface area (Å²) in [5.74, 6) is -0.340. The Kier molecular flexibility index (Phi) is 5.52. The van der Waals surface area contributed by atoms with Gasteiger partial charge in [-0.1, -0.05) is 50.2 Å². The largest absolute Gasteiger partial charge is 0.346 e. The molecule has 0 radical (unpaired) electrons. The molecule has 0 fully saturated rings. The molecule has 2 N–H and O–H groups in total. The monoisotopic (exact) mass is 310 g/mol. The van der Waals surface area contributed by atoms with Crippen molar-refractivity contribution in [3.8, 4) is 0 Å². The van der Waals surface area contributed by atoms with Gasteiger partial charge in [0.1, 0.15) is 0 Å². The molecule has 0 aromatic heterocycles. The molecule has 0 unspecified atom stereocenters. The first-order chi connectivity index (χ1) is 11.0. The minimum absolute atomic E-state index is 0.0692. The maximum absolute atomic E-state index is 12.4. The van der Waals surface area contributed by atoms with Gasteiger partial charge in [0.2, 0.25) is 5.91 Å². The van der Waals surface area contributed by atoms with Gasteiger partial charge in [0.25, 0.3) is 5.91 Å². The van der Waals surface area contributed by atoms with Crippen LogP contribution in [-0.4, -0.2) is 11.8 Å². The topological polar surface area (TPSA) is 58.2 Å². The summed E-state index contributed by atoms with van der Waals surface area (Å²) in [6.45, 7) is 5.60. The molecule has 4 heteroatoms. The van der Waals surface area contributed by atoms with Crippen LogP contribution in [0.4, 0.5) is 5.69 Å². The second kappa shape index (κ2) is 7.58. The fraction of sp³-hybridized carbons (Fsp3) is 0.263. The Hall–Kier alpha value is -2.62. The minimum Gasteiger partial charge on any atom is -0.346 e. The summed E-state index contributed by atoms with van der Waals surface area (Å²) in [5.41, 5.74) is 2.20. The van der Waals surface area contributed by atoms with Crippen molar-refractivity contribution in [3.63, 3.8) is 0 Å². The second-order valence-corrected chi connectivity index (χ2v) is 5.83. The average Bonchev–Trinajstić information content (AvgIpc) is 2.55. The smallest absolute Gasteiger partial charge is 0.251 e. The van der Waals surface area contributed by atoms with E-state index in [1.807, 2.05) is 51.1 Å². The van der Waals surface area contributed by atoms with Crippen LogP contribution in [0.3, 0.4) is 0 Å². The lowest BCUT2D eigenvalue weighted by atomic mass is 10.1. The number of amides is 2. The van der Waals surface area contributed by atoms with Crippen LogP contribution in [-0.2, 0) is 4.79 Å². The Balaban J connectivity index is 2.06. The summed E-state index contributed by atoms with van der Waals surface area (Å²) in [6.07, 6.45) is 0. The Bertz CT molecular complexity index is 681. The van der Waals surface area contributed by atoms with Crippen LogP contribution in [0.25, 0.3) is 0 Å². The van der Waals surface area contributed by atoms with Crippen LogP contribution in [0.1, 0.15) is 42.7 Å². The van der Waals surface area contributed by atoms with Crippen LogP contribution in [0.15, 0.2) is 54.6 Å². The standard InChI is InChI=1S/C19H22N2O2/c1-13(2)18(22)21-17-11-7-10-16(12-17)19(23)20-14(3)15-8-5-4-6-9-15/h4-14H,1-3H3,(H,20,23)(H,21,22)/t14-/m0/s1. The minimum atomic E-state index is -0.165. The van der Waals surface area contributed by atoms with Crippen molar-refractivity contribution >= 4 is 17.5 Å². The second-order valence-electron chi connectivity index (χ2n) is 5.83. The maximum Gasteiger partial charge on any atom is 0.251 e. The molecule has 1 atom stereocenters. The van der Waals surface area contributed by atoms with E-state index in [1.165, 1.54) is 0 Å². The molecule has 0 aliphatic rings. The van der Waals surface area contributed by atoms with Gasteiger partial charge in [0.15, 0.2) is 0 Å². The number of nitrogens with one attached hydrogen (secondary N) is 2. The number of rotatable bonds is 5. The van der Waals surface area contributed by atoms with E-state index in [9.17, 15) is 9.59 Å². The van der Waals surface area contributed by atoms with E-state index in [0.29, 0.717) is 11.3 Å². The molecule has 0 bridgehead atoms. The lowest BCUT2D eigenvalue weighted by Gasteiger charge is -2.15. The highest BCUT2D eigenvalue weighted by molar-refractivity contribution is 5.97. The molecule has 0 spiro atoms.